The van der Waals surface area contributed by atoms with Gasteiger partial charge in [-0.2, -0.15) is 0 Å². The Morgan fingerprint density at radius 1 is 1.43 bits per heavy atom. The third-order valence-corrected chi connectivity index (χ3v) is 3.29. The summed E-state index contributed by atoms with van der Waals surface area (Å²) >= 11 is 7.57. The van der Waals surface area contributed by atoms with E-state index in [1.165, 1.54) is 10.3 Å². The maximum Gasteiger partial charge on any atom is 0.130 e. The lowest BCUT2D eigenvalue weighted by molar-refractivity contribution is 0.654. The van der Waals surface area contributed by atoms with Crippen molar-refractivity contribution in [1.29, 1.82) is 0 Å². The van der Waals surface area contributed by atoms with E-state index in [-0.39, 0.29) is 0 Å². The topological polar surface area (TPSA) is 12.9 Å². The number of halogens is 1. The second kappa shape index (κ2) is 3.87. The molecular weight excluding hydrogens is 214 g/mol. The molecule has 1 nitrogen and oxygen atoms in total. The molecule has 2 heterocycles. The minimum absolute atomic E-state index is 0.579. The smallest absolute Gasteiger partial charge is 0.130 e. The van der Waals surface area contributed by atoms with Gasteiger partial charge in [-0.25, -0.2) is 4.98 Å². The van der Waals surface area contributed by atoms with Crippen LogP contribution >= 0.6 is 22.9 Å². The Morgan fingerprint density at radius 3 is 2.93 bits per heavy atom. The maximum absolute atomic E-state index is 5.83. The molecule has 0 aliphatic heterocycles. The molecule has 74 valence electrons. The van der Waals surface area contributed by atoms with E-state index in [0.29, 0.717) is 11.1 Å². The highest BCUT2D eigenvalue weighted by Crippen LogP contribution is 2.26. The third kappa shape index (κ3) is 2.07. The number of aromatic nitrogens is 1. The van der Waals surface area contributed by atoms with Crippen LogP contribution in [0, 0.1) is 5.92 Å². The van der Waals surface area contributed by atoms with Crippen LogP contribution in [0.15, 0.2) is 18.2 Å². The van der Waals surface area contributed by atoms with Crippen molar-refractivity contribution in [3.63, 3.8) is 0 Å². The van der Waals surface area contributed by atoms with Gasteiger partial charge in [-0.15, -0.1) is 11.3 Å². The summed E-state index contributed by atoms with van der Waals surface area (Å²) in [7, 11) is 0. The molecule has 0 aromatic carbocycles. The number of thiophene rings is 1. The van der Waals surface area contributed by atoms with Gasteiger partial charge in [0, 0.05) is 10.3 Å². The zero-order chi connectivity index (χ0) is 10.1. The number of fused-ring (bicyclic) bond motifs is 1. The summed E-state index contributed by atoms with van der Waals surface area (Å²) in [5.41, 5.74) is 0. The van der Waals surface area contributed by atoms with Gasteiger partial charge in [0.05, 0.1) is 0 Å². The SMILES string of the molecule is CC(C)Cc1cc2ccc(Cl)nc2s1. The van der Waals surface area contributed by atoms with Gasteiger partial charge in [0.2, 0.25) is 0 Å². The molecule has 2 aromatic rings. The fourth-order valence-electron chi connectivity index (χ4n) is 1.45. The Hall–Kier alpha value is -0.600. The molecule has 3 heteroatoms. The van der Waals surface area contributed by atoms with E-state index >= 15 is 0 Å². The summed E-state index contributed by atoms with van der Waals surface area (Å²) in [6.45, 7) is 4.45. The predicted octanol–water partition coefficient (Wildman–Crippen LogP) is 4.15. The third-order valence-electron chi connectivity index (χ3n) is 2.01. The van der Waals surface area contributed by atoms with E-state index in [2.05, 4.69) is 24.9 Å². The van der Waals surface area contributed by atoms with Crippen molar-refractivity contribution >= 4 is 33.2 Å². The number of rotatable bonds is 2. The maximum atomic E-state index is 5.83. The number of hydrogen-bond acceptors (Lipinski definition) is 2. The summed E-state index contributed by atoms with van der Waals surface area (Å²) in [6, 6.07) is 6.09. The summed E-state index contributed by atoms with van der Waals surface area (Å²) in [4.78, 5) is 6.73. The minimum atomic E-state index is 0.579. The van der Waals surface area contributed by atoms with Gasteiger partial charge in [-0.05, 0) is 30.5 Å². The Balaban J connectivity index is 2.41. The van der Waals surface area contributed by atoms with E-state index < -0.39 is 0 Å². The van der Waals surface area contributed by atoms with Crippen molar-refractivity contribution < 1.29 is 0 Å². The monoisotopic (exact) mass is 225 g/mol. The van der Waals surface area contributed by atoms with Crippen LogP contribution in [0.1, 0.15) is 18.7 Å². The van der Waals surface area contributed by atoms with Gasteiger partial charge in [-0.1, -0.05) is 25.4 Å². The Bertz CT molecular complexity index is 447. The van der Waals surface area contributed by atoms with Crippen LogP contribution in [0.3, 0.4) is 0 Å². The zero-order valence-electron chi connectivity index (χ0n) is 8.25. The summed E-state index contributed by atoms with van der Waals surface area (Å²) in [6.07, 6.45) is 1.12. The molecule has 0 saturated carbocycles. The highest BCUT2D eigenvalue weighted by atomic mass is 35.5. The number of hydrogen-bond donors (Lipinski definition) is 0. The van der Waals surface area contributed by atoms with Crippen LogP contribution in [0.2, 0.25) is 5.15 Å². The Morgan fingerprint density at radius 2 is 2.21 bits per heavy atom. The van der Waals surface area contributed by atoms with E-state index in [9.17, 15) is 0 Å². The lowest BCUT2D eigenvalue weighted by Gasteiger charge is -1.98. The molecule has 0 unspecified atom stereocenters. The molecule has 0 fully saturated rings. The van der Waals surface area contributed by atoms with Gasteiger partial charge >= 0.3 is 0 Å². The van der Waals surface area contributed by atoms with Crippen LogP contribution in [0.25, 0.3) is 10.2 Å². The molecule has 0 bridgehead atoms. The van der Waals surface area contributed by atoms with E-state index in [0.717, 1.165) is 11.3 Å². The van der Waals surface area contributed by atoms with Crippen molar-refractivity contribution in [2.75, 3.05) is 0 Å². The molecule has 0 spiro atoms. The average Bonchev–Trinajstić information content (AvgIpc) is 2.44. The summed E-state index contributed by atoms with van der Waals surface area (Å²) < 4.78 is 0. The molecule has 0 saturated heterocycles. The van der Waals surface area contributed by atoms with E-state index in [1.807, 2.05) is 12.1 Å². The first-order valence-corrected chi connectivity index (χ1v) is 5.89. The lowest BCUT2D eigenvalue weighted by atomic mass is 10.1. The quantitative estimate of drug-likeness (QED) is 0.700. The molecule has 0 aliphatic carbocycles. The Kier molecular flexibility index (Phi) is 2.75. The van der Waals surface area contributed by atoms with Crippen molar-refractivity contribution in [2.45, 2.75) is 20.3 Å². The molecule has 0 aliphatic rings. The highest BCUT2D eigenvalue weighted by molar-refractivity contribution is 7.18. The average molecular weight is 226 g/mol. The largest absolute Gasteiger partial charge is 0.225 e. The van der Waals surface area contributed by atoms with Gasteiger partial charge < -0.3 is 0 Å². The van der Waals surface area contributed by atoms with Crippen LogP contribution < -0.4 is 0 Å². The molecule has 0 radical (unpaired) electrons. The van der Waals surface area contributed by atoms with Gasteiger partial charge in [0.1, 0.15) is 9.98 Å². The van der Waals surface area contributed by atoms with Crippen molar-refractivity contribution in [2.24, 2.45) is 5.92 Å². The molecule has 2 rings (SSSR count). The summed E-state index contributed by atoms with van der Waals surface area (Å²) in [5.74, 6) is 0.693. The minimum Gasteiger partial charge on any atom is -0.225 e. The lowest BCUT2D eigenvalue weighted by Crippen LogP contribution is -1.89. The van der Waals surface area contributed by atoms with Gasteiger partial charge in [0.25, 0.3) is 0 Å². The highest BCUT2D eigenvalue weighted by Gasteiger charge is 2.05. The fourth-order valence-corrected chi connectivity index (χ4v) is 2.89. The first-order valence-electron chi connectivity index (χ1n) is 4.70. The second-order valence-electron chi connectivity index (χ2n) is 3.84. The second-order valence-corrected chi connectivity index (χ2v) is 5.34. The van der Waals surface area contributed by atoms with Crippen molar-refractivity contribution in [1.82, 2.24) is 4.98 Å². The molecule has 0 N–H and O–H groups in total. The van der Waals surface area contributed by atoms with E-state index in [4.69, 9.17) is 11.6 Å². The van der Waals surface area contributed by atoms with Gasteiger partial charge in [-0.3, -0.25) is 0 Å². The zero-order valence-corrected chi connectivity index (χ0v) is 9.82. The standard InChI is InChI=1S/C11H12ClNS/c1-7(2)5-9-6-8-3-4-10(12)13-11(8)14-9/h3-4,6-7H,5H2,1-2H3. The normalized spacial score (nSPS) is 11.4. The van der Waals surface area contributed by atoms with Crippen LogP contribution in [0.5, 0.6) is 0 Å². The van der Waals surface area contributed by atoms with Crippen LogP contribution in [0.4, 0.5) is 0 Å². The van der Waals surface area contributed by atoms with Crippen molar-refractivity contribution in [3.05, 3.63) is 28.2 Å². The molecule has 0 amide bonds. The number of pyridine rings is 1. The van der Waals surface area contributed by atoms with Crippen LogP contribution in [-0.4, -0.2) is 4.98 Å². The van der Waals surface area contributed by atoms with Crippen LogP contribution in [-0.2, 0) is 6.42 Å². The molecule has 2 aromatic heterocycles. The Labute approximate surface area is 92.7 Å². The molecule has 0 atom stereocenters. The first kappa shape index (κ1) is 9.94. The number of nitrogens with zero attached hydrogens (tertiary/aromatic N) is 1. The first-order chi connectivity index (χ1) is 6.65. The predicted molar refractivity (Wildman–Crippen MR) is 63.2 cm³/mol. The fraction of sp³-hybridized carbons (Fsp3) is 0.364. The molecule has 14 heavy (non-hydrogen) atoms. The van der Waals surface area contributed by atoms with Crippen molar-refractivity contribution in [3.8, 4) is 0 Å². The van der Waals surface area contributed by atoms with Gasteiger partial charge in [0.15, 0.2) is 0 Å². The molecular formula is C11H12ClNS. The van der Waals surface area contributed by atoms with E-state index in [1.54, 1.807) is 11.3 Å². The summed E-state index contributed by atoms with van der Waals surface area (Å²) in [5, 5.41) is 1.78.